The Morgan fingerprint density at radius 2 is 1.89 bits per heavy atom. The van der Waals surface area contributed by atoms with E-state index in [-0.39, 0.29) is 5.69 Å². The topological polar surface area (TPSA) is 52.4 Å². The van der Waals surface area contributed by atoms with Gasteiger partial charge < -0.3 is 4.74 Å². The zero-order valence-corrected chi connectivity index (χ0v) is 10.7. The van der Waals surface area contributed by atoms with Gasteiger partial charge >= 0.3 is 0 Å². The lowest BCUT2D eigenvalue weighted by molar-refractivity contribution is -0.385. The summed E-state index contributed by atoms with van der Waals surface area (Å²) in [5.41, 5.74) is 2.07. The first-order valence-electron chi connectivity index (χ1n) is 6.14. The molecule has 0 N–H and O–H groups in total. The normalized spacial score (nSPS) is 10.2. The van der Waals surface area contributed by atoms with Gasteiger partial charge in [-0.05, 0) is 23.6 Å². The predicted molar refractivity (Wildman–Crippen MR) is 73.2 cm³/mol. The van der Waals surface area contributed by atoms with Crippen molar-refractivity contribution in [2.75, 3.05) is 0 Å². The first kappa shape index (κ1) is 13.1. The molecule has 0 saturated heterocycles. The first-order chi connectivity index (χ1) is 9.20. The molecule has 19 heavy (non-hydrogen) atoms. The van der Waals surface area contributed by atoms with E-state index in [2.05, 4.69) is 0 Å². The van der Waals surface area contributed by atoms with Crippen molar-refractivity contribution in [3.63, 3.8) is 0 Å². The first-order valence-corrected chi connectivity index (χ1v) is 6.14. The van der Waals surface area contributed by atoms with Gasteiger partial charge in [0.1, 0.15) is 12.4 Å². The average molecular weight is 257 g/mol. The van der Waals surface area contributed by atoms with Gasteiger partial charge in [-0.1, -0.05) is 37.3 Å². The number of nitro groups is 1. The van der Waals surface area contributed by atoms with Gasteiger partial charge in [0.25, 0.3) is 5.69 Å². The van der Waals surface area contributed by atoms with Gasteiger partial charge in [-0.2, -0.15) is 0 Å². The molecule has 0 bridgehead atoms. The molecule has 98 valence electrons. The van der Waals surface area contributed by atoms with Crippen LogP contribution in [0.2, 0.25) is 0 Å². The molecule has 0 radical (unpaired) electrons. The molecule has 0 aliphatic rings. The standard InChI is InChI=1S/C15H15NO3/c1-2-13-8-9-14(16(17)18)10-15(13)19-11-12-6-4-3-5-7-12/h3-10H,2,11H2,1H3. The van der Waals surface area contributed by atoms with Gasteiger partial charge in [-0.25, -0.2) is 0 Å². The fraction of sp³-hybridized carbons (Fsp3) is 0.200. The smallest absolute Gasteiger partial charge is 0.273 e. The zero-order chi connectivity index (χ0) is 13.7. The second-order valence-corrected chi connectivity index (χ2v) is 4.18. The van der Waals surface area contributed by atoms with Crippen LogP contribution in [-0.4, -0.2) is 4.92 Å². The van der Waals surface area contributed by atoms with Crippen molar-refractivity contribution < 1.29 is 9.66 Å². The molecule has 0 unspecified atom stereocenters. The van der Waals surface area contributed by atoms with E-state index >= 15 is 0 Å². The van der Waals surface area contributed by atoms with Gasteiger partial charge in [0.2, 0.25) is 0 Å². The highest BCUT2D eigenvalue weighted by Gasteiger charge is 2.11. The van der Waals surface area contributed by atoms with Gasteiger partial charge in [0.15, 0.2) is 0 Å². The fourth-order valence-electron chi connectivity index (χ4n) is 1.82. The number of non-ortho nitro benzene ring substituents is 1. The molecule has 0 heterocycles. The highest BCUT2D eigenvalue weighted by atomic mass is 16.6. The second-order valence-electron chi connectivity index (χ2n) is 4.18. The molecule has 2 rings (SSSR count). The monoisotopic (exact) mass is 257 g/mol. The summed E-state index contributed by atoms with van der Waals surface area (Å²) >= 11 is 0. The Morgan fingerprint density at radius 3 is 2.53 bits per heavy atom. The molecular formula is C15H15NO3. The van der Waals surface area contributed by atoms with E-state index in [0.29, 0.717) is 12.4 Å². The maximum Gasteiger partial charge on any atom is 0.273 e. The van der Waals surface area contributed by atoms with E-state index in [4.69, 9.17) is 4.74 Å². The van der Waals surface area contributed by atoms with Crippen LogP contribution in [0.25, 0.3) is 0 Å². The summed E-state index contributed by atoms with van der Waals surface area (Å²) in [5.74, 6) is 0.584. The molecule has 0 fully saturated rings. The fourth-order valence-corrected chi connectivity index (χ4v) is 1.82. The van der Waals surface area contributed by atoms with Crippen molar-refractivity contribution in [1.82, 2.24) is 0 Å². The summed E-state index contributed by atoms with van der Waals surface area (Å²) in [6.07, 6.45) is 0.780. The summed E-state index contributed by atoms with van der Waals surface area (Å²) in [6, 6.07) is 14.5. The highest BCUT2D eigenvalue weighted by molar-refractivity contribution is 5.44. The number of ether oxygens (including phenoxy) is 1. The van der Waals surface area contributed by atoms with Gasteiger partial charge in [-0.15, -0.1) is 0 Å². The van der Waals surface area contributed by atoms with Crippen LogP contribution in [0.15, 0.2) is 48.5 Å². The molecule has 2 aromatic carbocycles. The van der Waals surface area contributed by atoms with Crippen molar-refractivity contribution in [2.45, 2.75) is 20.0 Å². The Hall–Kier alpha value is -2.36. The summed E-state index contributed by atoms with van der Waals surface area (Å²) in [4.78, 5) is 10.4. The largest absolute Gasteiger partial charge is 0.488 e. The lowest BCUT2D eigenvalue weighted by Crippen LogP contribution is -1.99. The zero-order valence-electron chi connectivity index (χ0n) is 10.7. The molecule has 0 aromatic heterocycles. The van der Waals surface area contributed by atoms with Crippen LogP contribution >= 0.6 is 0 Å². The minimum Gasteiger partial charge on any atom is -0.488 e. The van der Waals surface area contributed by atoms with Crippen molar-refractivity contribution in [3.05, 3.63) is 69.8 Å². The van der Waals surface area contributed by atoms with E-state index in [1.165, 1.54) is 12.1 Å². The number of rotatable bonds is 5. The van der Waals surface area contributed by atoms with Crippen LogP contribution in [0.4, 0.5) is 5.69 Å². The SMILES string of the molecule is CCc1ccc([N+](=O)[O-])cc1OCc1ccccc1. The quantitative estimate of drug-likeness (QED) is 0.605. The Bertz CT molecular complexity index is 567. The lowest BCUT2D eigenvalue weighted by atomic mass is 10.1. The minimum absolute atomic E-state index is 0.0558. The van der Waals surface area contributed by atoms with Crippen LogP contribution in [0.5, 0.6) is 5.75 Å². The van der Waals surface area contributed by atoms with Gasteiger partial charge in [0.05, 0.1) is 11.0 Å². The van der Waals surface area contributed by atoms with Crippen LogP contribution in [0, 0.1) is 10.1 Å². The average Bonchev–Trinajstić information content (AvgIpc) is 2.45. The van der Waals surface area contributed by atoms with Crippen molar-refractivity contribution in [1.29, 1.82) is 0 Å². The van der Waals surface area contributed by atoms with Crippen LogP contribution < -0.4 is 4.74 Å². The van der Waals surface area contributed by atoms with E-state index in [1.807, 2.05) is 37.3 Å². The summed E-state index contributed by atoms with van der Waals surface area (Å²) in [5, 5.41) is 10.8. The number of nitro benzene ring substituents is 1. The predicted octanol–water partition coefficient (Wildman–Crippen LogP) is 3.74. The molecule has 4 nitrogen and oxygen atoms in total. The third-order valence-electron chi connectivity index (χ3n) is 2.88. The number of aryl methyl sites for hydroxylation is 1. The molecular weight excluding hydrogens is 242 g/mol. The molecule has 0 amide bonds. The van der Waals surface area contributed by atoms with Crippen LogP contribution in [0.1, 0.15) is 18.1 Å². The summed E-state index contributed by atoms with van der Waals surface area (Å²) in [7, 11) is 0. The molecule has 2 aromatic rings. The summed E-state index contributed by atoms with van der Waals surface area (Å²) in [6.45, 7) is 2.41. The molecule has 0 saturated carbocycles. The van der Waals surface area contributed by atoms with E-state index in [1.54, 1.807) is 6.07 Å². The Kier molecular flexibility index (Phi) is 4.13. The molecule has 0 aliphatic heterocycles. The number of hydrogen-bond acceptors (Lipinski definition) is 3. The second kappa shape index (κ2) is 6.00. The lowest BCUT2D eigenvalue weighted by Gasteiger charge is -2.10. The maximum atomic E-state index is 10.8. The molecule has 0 atom stereocenters. The van der Waals surface area contributed by atoms with Crippen molar-refractivity contribution >= 4 is 5.69 Å². The minimum atomic E-state index is -0.408. The Balaban J connectivity index is 2.18. The number of benzene rings is 2. The Morgan fingerprint density at radius 1 is 1.16 bits per heavy atom. The third-order valence-corrected chi connectivity index (χ3v) is 2.88. The van der Waals surface area contributed by atoms with Crippen LogP contribution in [-0.2, 0) is 13.0 Å². The number of nitrogens with zero attached hydrogens (tertiary/aromatic N) is 1. The third kappa shape index (κ3) is 3.31. The Labute approximate surface area is 111 Å². The molecule has 0 aliphatic carbocycles. The van der Waals surface area contributed by atoms with Crippen molar-refractivity contribution in [2.24, 2.45) is 0 Å². The number of hydrogen-bond donors (Lipinski definition) is 0. The maximum absolute atomic E-state index is 10.8. The highest BCUT2D eigenvalue weighted by Crippen LogP contribution is 2.26. The van der Waals surface area contributed by atoms with E-state index in [9.17, 15) is 10.1 Å². The molecule has 4 heteroatoms. The molecule has 0 spiro atoms. The van der Waals surface area contributed by atoms with Crippen molar-refractivity contribution in [3.8, 4) is 5.75 Å². The van der Waals surface area contributed by atoms with Gasteiger partial charge in [0, 0.05) is 6.07 Å². The summed E-state index contributed by atoms with van der Waals surface area (Å²) < 4.78 is 5.70. The van der Waals surface area contributed by atoms with E-state index < -0.39 is 4.92 Å². The van der Waals surface area contributed by atoms with E-state index in [0.717, 1.165) is 17.5 Å². The van der Waals surface area contributed by atoms with Crippen LogP contribution in [0.3, 0.4) is 0 Å². The van der Waals surface area contributed by atoms with Gasteiger partial charge in [-0.3, -0.25) is 10.1 Å².